The van der Waals surface area contributed by atoms with Gasteiger partial charge in [-0.05, 0) is 18.2 Å². The first-order valence-electron chi connectivity index (χ1n) is 5.97. The van der Waals surface area contributed by atoms with Gasteiger partial charge in [0, 0.05) is 25.2 Å². The zero-order chi connectivity index (χ0) is 15.5. The monoisotopic (exact) mass is 327 g/mol. The third-order valence-corrected chi connectivity index (χ3v) is 4.14. The number of nitrogens with zero attached hydrogens (tertiary/aromatic N) is 2. The van der Waals surface area contributed by atoms with Crippen molar-refractivity contribution in [2.75, 3.05) is 29.5 Å². The average molecular weight is 328 g/mol. The number of halogens is 1. The van der Waals surface area contributed by atoms with Gasteiger partial charge in [-0.15, -0.1) is 0 Å². The number of benzene rings is 1. The lowest BCUT2D eigenvalue weighted by molar-refractivity contribution is 0.601. The fraction of sp³-hybridized carbons (Fsp3) is 0.167. The van der Waals surface area contributed by atoms with E-state index in [9.17, 15) is 8.42 Å². The van der Waals surface area contributed by atoms with Crippen LogP contribution in [0.15, 0.2) is 35.2 Å². The van der Waals surface area contributed by atoms with Crippen molar-refractivity contribution in [2.45, 2.75) is 4.90 Å². The van der Waals surface area contributed by atoms with E-state index >= 15 is 0 Å². The predicted molar refractivity (Wildman–Crippen MR) is 83.4 cm³/mol. The normalized spacial score (nSPS) is 11.0. The molecule has 0 saturated heterocycles. The zero-order valence-corrected chi connectivity index (χ0v) is 13.0. The summed E-state index contributed by atoms with van der Waals surface area (Å²) in [5.74, 6) is 0.933. The maximum absolute atomic E-state index is 12.3. The number of sulfonamides is 1. The smallest absolute Gasteiger partial charge is 0.263 e. The van der Waals surface area contributed by atoms with Gasteiger partial charge in [-0.3, -0.25) is 4.72 Å². The Bertz CT molecular complexity index is 729. The number of nitrogens with one attached hydrogen (secondary N) is 3. The first kappa shape index (κ1) is 15.3. The molecule has 2 aromatic rings. The van der Waals surface area contributed by atoms with E-state index in [4.69, 9.17) is 11.6 Å². The highest BCUT2D eigenvalue weighted by atomic mass is 35.5. The van der Waals surface area contributed by atoms with E-state index in [1.54, 1.807) is 26.2 Å². The zero-order valence-electron chi connectivity index (χ0n) is 11.4. The Morgan fingerprint density at radius 3 is 2.38 bits per heavy atom. The Morgan fingerprint density at radius 1 is 1.05 bits per heavy atom. The molecule has 0 atom stereocenters. The van der Waals surface area contributed by atoms with Crippen LogP contribution in [0.3, 0.4) is 0 Å². The highest BCUT2D eigenvalue weighted by Crippen LogP contribution is 2.20. The topological polar surface area (TPSA) is 96.0 Å². The van der Waals surface area contributed by atoms with E-state index in [1.807, 2.05) is 0 Å². The molecule has 0 saturated carbocycles. The summed E-state index contributed by atoms with van der Waals surface area (Å²) < 4.78 is 27.0. The van der Waals surface area contributed by atoms with Crippen LogP contribution in [-0.4, -0.2) is 32.5 Å². The predicted octanol–water partition coefficient (Wildman–Crippen LogP) is 2.01. The van der Waals surface area contributed by atoms with Crippen molar-refractivity contribution in [1.29, 1.82) is 0 Å². The van der Waals surface area contributed by atoms with Crippen LogP contribution in [0.2, 0.25) is 5.02 Å². The molecule has 0 radical (unpaired) electrons. The lowest BCUT2D eigenvalue weighted by atomic mass is 10.4. The molecular weight excluding hydrogens is 314 g/mol. The van der Waals surface area contributed by atoms with Gasteiger partial charge in [0.05, 0.1) is 4.90 Å². The molecule has 0 fully saturated rings. The van der Waals surface area contributed by atoms with Crippen molar-refractivity contribution in [3.05, 3.63) is 35.4 Å². The highest BCUT2D eigenvalue weighted by Gasteiger charge is 2.16. The number of rotatable bonds is 5. The van der Waals surface area contributed by atoms with Crippen LogP contribution in [0.5, 0.6) is 0 Å². The van der Waals surface area contributed by atoms with Crippen molar-refractivity contribution in [2.24, 2.45) is 0 Å². The van der Waals surface area contributed by atoms with Gasteiger partial charge in [-0.1, -0.05) is 17.7 Å². The number of hydrogen-bond acceptors (Lipinski definition) is 6. The van der Waals surface area contributed by atoms with Crippen molar-refractivity contribution >= 4 is 39.2 Å². The van der Waals surface area contributed by atoms with Crippen molar-refractivity contribution in [3.63, 3.8) is 0 Å². The van der Waals surface area contributed by atoms with E-state index in [0.717, 1.165) is 0 Å². The van der Waals surface area contributed by atoms with Gasteiger partial charge in [0.15, 0.2) is 0 Å². The Morgan fingerprint density at radius 2 is 1.76 bits per heavy atom. The summed E-state index contributed by atoms with van der Waals surface area (Å²) in [6, 6.07) is 7.47. The SMILES string of the molecule is CNc1cc(NS(=O)(=O)c2cccc(Cl)c2)nc(NC)n1. The molecule has 1 aromatic carbocycles. The van der Waals surface area contributed by atoms with Gasteiger partial charge < -0.3 is 10.6 Å². The van der Waals surface area contributed by atoms with E-state index in [0.29, 0.717) is 16.8 Å². The minimum atomic E-state index is -3.77. The third kappa shape index (κ3) is 3.73. The van der Waals surface area contributed by atoms with E-state index in [-0.39, 0.29) is 10.7 Å². The number of aromatic nitrogens is 2. The molecule has 1 aromatic heterocycles. The Hall–Kier alpha value is -2.06. The lowest BCUT2D eigenvalue weighted by Crippen LogP contribution is -2.15. The number of anilines is 3. The van der Waals surface area contributed by atoms with Crippen LogP contribution in [-0.2, 0) is 10.0 Å². The largest absolute Gasteiger partial charge is 0.373 e. The number of hydrogen-bond donors (Lipinski definition) is 3. The van der Waals surface area contributed by atoms with Gasteiger partial charge >= 0.3 is 0 Å². The van der Waals surface area contributed by atoms with Crippen molar-refractivity contribution in [3.8, 4) is 0 Å². The standard InChI is InChI=1S/C12H14ClN5O2S/c1-14-10-7-11(17-12(15-2)16-10)18-21(19,20)9-5-3-4-8(13)6-9/h3-7H,1-2H3,(H3,14,15,16,17,18). The molecule has 112 valence electrons. The Labute approximate surface area is 127 Å². The molecule has 0 spiro atoms. The summed E-state index contributed by atoms with van der Waals surface area (Å²) in [5.41, 5.74) is 0. The maximum Gasteiger partial charge on any atom is 0.263 e. The maximum atomic E-state index is 12.3. The van der Waals surface area contributed by atoms with Gasteiger partial charge in [0.1, 0.15) is 11.6 Å². The summed E-state index contributed by atoms with van der Waals surface area (Å²) in [6.45, 7) is 0. The average Bonchev–Trinajstić information content (AvgIpc) is 2.46. The van der Waals surface area contributed by atoms with E-state index in [2.05, 4.69) is 25.3 Å². The molecule has 0 amide bonds. The first-order chi connectivity index (χ1) is 9.94. The van der Waals surface area contributed by atoms with E-state index < -0.39 is 10.0 Å². The minimum Gasteiger partial charge on any atom is -0.373 e. The van der Waals surface area contributed by atoms with Gasteiger partial charge in [0.25, 0.3) is 10.0 Å². The van der Waals surface area contributed by atoms with Gasteiger partial charge in [-0.2, -0.15) is 9.97 Å². The fourth-order valence-corrected chi connectivity index (χ4v) is 2.86. The van der Waals surface area contributed by atoms with Crippen LogP contribution in [0.25, 0.3) is 0 Å². The summed E-state index contributed by atoms with van der Waals surface area (Å²) in [6.07, 6.45) is 0. The second-order valence-corrected chi connectivity index (χ2v) is 6.14. The van der Waals surface area contributed by atoms with E-state index in [1.165, 1.54) is 18.2 Å². The second-order valence-electron chi connectivity index (χ2n) is 4.02. The van der Waals surface area contributed by atoms with Crippen LogP contribution in [0.1, 0.15) is 0 Å². The molecule has 0 unspecified atom stereocenters. The van der Waals surface area contributed by atoms with Gasteiger partial charge in [-0.25, -0.2) is 8.42 Å². The molecule has 0 bridgehead atoms. The van der Waals surface area contributed by atoms with Crippen LogP contribution in [0.4, 0.5) is 17.6 Å². The van der Waals surface area contributed by atoms with Crippen molar-refractivity contribution < 1.29 is 8.42 Å². The molecule has 2 rings (SSSR count). The highest BCUT2D eigenvalue weighted by molar-refractivity contribution is 7.92. The molecule has 0 aliphatic rings. The van der Waals surface area contributed by atoms with Crippen LogP contribution < -0.4 is 15.4 Å². The third-order valence-electron chi connectivity index (χ3n) is 2.55. The summed E-state index contributed by atoms with van der Waals surface area (Å²) in [7, 11) is -0.446. The van der Waals surface area contributed by atoms with Crippen molar-refractivity contribution in [1.82, 2.24) is 9.97 Å². The summed E-state index contributed by atoms with van der Waals surface area (Å²) in [5, 5.41) is 5.93. The lowest BCUT2D eigenvalue weighted by Gasteiger charge is -2.10. The molecule has 0 aliphatic heterocycles. The summed E-state index contributed by atoms with van der Waals surface area (Å²) in [4.78, 5) is 8.21. The Balaban J connectivity index is 2.36. The molecule has 7 nitrogen and oxygen atoms in total. The summed E-state index contributed by atoms with van der Waals surface area (Å²) >= 11 is 5.81. The quantitative estimate of drug-likeness (QED) is 0.777. The second kappa shape index (κ2) is 6.15. The molecule has 3 N–H and O–H groups in total. The fourth-order valence-electron chi connectivity index (χ4n) is 1.57. The molecule has 21 heavy (non-hydrogen) atoms. The van der Waals surface area contributed by atoms with Crippen LogP contribution in [0, 0.1) is 0 Å². The molecular formula is C12H14ClN5O2S. The Kier molecular flexibility index (Phi) is 4.49. The molecule has 0 aliphatic carbocycles. The van der Waals surface area contributed by atoms with Crippen LogP contribution >= 0.6 is 11.6 Å². The van der Waals surface area contributed by atoms with Gasteiger partial charge in [0.2, 0.25) is 5.95 Å². The minimum absolute atomic E-state index is 0.0608. The molecule has 9 heteroatoms. The first-order valence-corrected chi connectivity index (χ1v) is 7.83. The molecule has 1 heterocycles.